The van der Waals surface area contributed by atoms with Crippen LogP contribution in [-0.2, 0) is 11.2 Å². The molecule has 1 atom stereocenters. The molecular formula is C11H11BrFNO. The van der Waals surface area contributed by atoms with E-state index in [9.17, 15) is 9.18 Å². The summed E-state index contributed by atoms with van der Waals surface area (Å²) in [6.07, 6.45) is 1.44. The van der Waals surface area contributed by atoms with Crippen molar-refractivity contribution in [3.8, 4) is 0 Å². The van der Waals surface area contributed by atoms with Crippen LogP contribution in [0.25, 0.3) is 0 Å². The van der Waals surface area contributed by atoms with Crippen molar-refractivity contribution in [1.29, 1.82) is 0 Å². The predicted molar refractivity (Wildman–Crippen MR) is 58.9 cm³/mol. The van der Waals surface area contributed by atoms with Crippen LogP contribution in [0.3, 0.4) is 0 Å². The summed E-state index contributed by atoms with van der Waals surface area (Å²) in [6.45, 7) is 0.733. The van der Waals surface area contributed by atoms with E-state index in [1.54, 1.807) is 6.07 Å². The lowest BCUT2D eigenvalue weighted by atomic mass is 9.98. The van der Waals surface area contributed by atoms with Gasteiger partial charge in [0.1, 0.15) is 5.82 Å². The Balaban J connectivity index is 2.16. The lowest BCUT2D eigenvalue weighted by Gasteiger charge is -2.08. The number of rotatable bonds is 2. The van der Waals surface area contributed by atoms with E-state index in [0.717, 1.165) is 23.0 Å². The van der Waals surface area contributed by atoms with Gasteiger partial charge in [0.15, 0.2) is 0 Å². The molecule has 0 radical (unpaired) electrons. The fourth-order valence-corrected chi connectivity index (χ4v) is 2.21. The van der Waals surface area contributed by atoms with E-state index in [-0.39, 0.29) is 17.6 Å². The average Bonchev–Trinajstić information content (AvgIpc) is 2.58. The van der Waals surface area contributed by atoms with Crippen molar-refractivity contribution < 1.29 is 9.18 Å². The van der Waals surface area contributed by atoms with Crippen LogP contribution < -0.4 is 5.32 Å². The Morgan fingerprint density at radius 1 is 1.53 bits per heavy atom. The Morgan fingerprint density at radius 2 is 2.33 bits per heavy atom. The minimum absolute atomic E-state index is 0.0110. The van der Waals surface area contributed by atoms with E-state index in [4.69, 9.17) is 0 Å². The molecule has 1 unspecified atom stereocenters. The van der Waals surface area contributed by atoms with Crippen molar-refractivity contribution in [3.05, 3.63) is 34.1 Å². The third kappa shape index (κ3) is 2.37. The van der Waals surface area contributed by atoms with Crippen LogP contribution in [0.2, 0.25) is 0 Å². The monoisotopic (exact) mass is 271 g/mol. The molecule has 1 N–H and O–H groups in total. The van der Waals surface area contributed by atoms with Crippen molar-refractivity contribution in [3.63, 3.8) is 0 Å². The number of hydrogen-bond donors (Lipinski definition) is 1. The summed E-state index contributed by atoms with van der Waals surface area (Å²) in [5.74, 6) is -0.194. The Bertz CT molecular complexity index is 394. The van der Waals surface area contributed by atoms with Crippen molar-refractivity contribution in [2.45, 2.75) is 12.8 Å². The standard InChI is InChI=1S/C11H11BrFNO/c12-10-2-1-9(13)6-8(10)5-7-3-4-14-11(7)15/h1-2,6-7H,3-5H2,(H,14,15). The van der Waals surface area contributed by atoms with E-state index in [1.807, 2.05) is 0 Å². The highest BCUT2D eigenvalue weighted by Gasteiger charge is 2.24. The molecular weight excluding hydrogens is 261 g/mol. The fourth-order valence-electron chi connectivity index (χ4n) is 1.80. The van der Waals surface area contributed by atoms with Gasteiger partial charge in [0, 0.05) is 16.9 Å². The zero-order valence-corrected chi connectivity index (χ0v) is 9.68. The van der Waals surface area contributed by atoms with Crippen LogP contribution in [0.4, 0.5) is 4.39 Å². The normalized spacial score (nSPS) is 20.4. The zero-order valence-electron chi connectivity index (χ0n) is 8.09. The SMILES string of the molecule is O=C1NCCC1Cc1cc(F)ccc1Br. The second-order valence-corrected chi connectivity index (χ2v) is 4.57. The van der Waals surface area contributed by atoms with Crippen LogP contribution in [0.15, 0.2) is 22.7 Å². The maximum absolute atomic E-state index is 13.0. The topological polar surface area (TPSA) is 29.1 Å². The average molecular weight is 272 g/mol. The van der Waals surface area contributed by atoms with Gasteiger partial charge in [0.05, 0.1) is 0 Å². The van der Waals surface area contributed by atoms with Crippen LogP contribution in [0.1, 0.15) is 12.0 Å². The van der Waals surface area contributed by atoms with Gasteiger partial charge < -0.3 is 5.32 Å². The Morgan fingerprint density at radius 3 is 3.00 bits per heavy atom. The molecule has 0 aromatic heterocycles. The molecule has 0 bridgehead atoms. The number of nitrogens with one attached hydrogen (secondary N) is 1. The first-order valence-corrected chi connectivity index (χ1v) is 5.68. The van der Waals surface area contributed by atoms with Crippen molar-refractivity contribution >= 4 is 21.8 Å². The molecule has 1 aromatic rings. The van der Waals surface area contributed by atoms with Crippen molar-refractivity contribution in [2.24, 2.45) is 5.92 Å². The number of carbonyl (C=O) groups excluding carboxylic acids is 1. The smallest absolute Gasteiger partial charge is 0.223 e. The zero-order chi connectivity index (χ0) is 10.8. The van der Waals surface area contributed by atoms with Gasteiger partial charge in [-0.05, 0) is 36.6 Å². The third-order valence-electron chi connectivity index (χ3n) is 2.64. The predicted octanol–water partition coefficient (Wildman–Crippen LogP) is 2.27. The number of halogens is 2. The van der Waals surface area contributed by atoms with Gasteiger partial charge in [0.25, 0.3) is 0 Å². The molecule has 0 spiro atoms. The van der Waals surface area contributed by atoms with Crippen LogP contribution >= 0.6 is 15.9 Å². The van der Waals surface area contributed by atoms with Crippen LogP contribution in [0.5, 0.6) is 0 Å². The summed E-state index contributed by atoms with van der Waals surface area (Å²) in [5, 5.41) is 2.78. The largest absolute Gasteiger partial charge is 0.356 e. The molecule has 2 nitrogen and oxygen atoms in total. The Hall–Kier alpha value is -0.900. The van der Waals surface area contributed by atoms with Gasteiger partial charge in [-0.25, -0.2) is 4.39 Å². The minimum atomic E-state index is -0.258. The molecule has 15 heavy (non-hydrogen) atoms. The van der Waals surface area contributed by atoms with E-state index >= 15 is 0 Å². The summed E-state index contributed by atoms with van der Waals surface area (Å²) in [7, 11) is 0. The second-order valence-electron chi connectivity index (χ2n) is 3.72. The lowest BCUT2D eigenvalue weighted by molar-refractivity contribution is -0.122. The number of carbonyl (C=O) groups is 1. The maximum Gasteiger partial charge on any atom is 0.223 e. The quantitative estimate of drug-likeness (QED) is 0.879. The van der Waals surface area contributed by atoms with E-state index in [1.165, 1.54) is 12.1 Å². The molecule has 1 aliphatic rings. The summed E-state index contributed by atoms with van der Waals surface area (Å²) in [4.78, 5) is 11.4. The molecule has 0 saturated carbocycles. The molecule has 1 heterocycles. The number of amides is 1. The third-order valence-corrected chi connectivity index (χ3v) is 3.41. The molecule has 1 amide bonds. The van der Waals surface area contributed by atoms with Gasteiger partial charge in [-0.3, -0.25) is 4.79 Å². The van der Waals surface area contributed by atoms with E-state index < -0.39 is 0 Å². The van der Waals surface area contributed by atoms with Gasteiger partial charge in [0.2, 0.25) is 5.91 Å². The van der Waals surface area contributed by atoms with Crippen LogP contribution in [0, 0.1) is 11.7 Å². The molecule has 1 saturated heterocycles. The lowest BCUT2D eigenvalue weighted by Crippen LogP contribution is -2.20. The summed E-state index contributed by atoms with van der Waals surface area (Å²) in [5.41, 5.74) is 0.858. The van der Waals surface area contributed by atoms with Gasteiger partial charge in [-0.15, -0.1) is 0 Å². The fraction of sp³-hybridized carbons (Fsp3) is 0.364. The molecule has 80 valence electrons. The minimum Gasteiger partial charge on any atom is -0.356 e. The molecule has 4 heteroatoms. The van der Waals surface area contributed by atoms with Gasteiger partial charge >= 0.3 is 0 Å². The highest BCUT2D eigenvalue weighted by Crippen LogP contribution is 2.23. The molecule has 1 aliphatic heterocycles. The van der Waals surface area contributed by atoms with Crippen molar-refractivity contribution in [1.82, 2.24) is 5.32 Å². The Kier molecular flexibility index (Phi) is 3.05. The molecule has 1 aromatic carbocycles. The maximum atomic E-state index is 13.0. The van der Waals surface area contributed by atoms with E-state index in [2.05, 4.69) is 21.2 Å². The molecule has 2 rings (SSSR count). The van der Waals surface area contributed by atoms with Gasteiger partial charge in [-0.2, -0.15) is 0 Å². The molecule has 1 fully saturated rings. The highest BCUT2D eigenvalue weighted by molar-refractivity contribution is 9.10. The van der Waals surface area contributed by atoms with Crippen molar-refractivity contribution in [2.75, 3.05) is 6.54 Å². The van der Waals surface area contributed by atoms with Crippen LogP contribution in [-0.4, -0.2) is 12.5 Å². The number of hydrogen-bond acceptors (Lipinski definition) is 1. The Labute approximate surface area is 96.0 Å². The van der Waals surface area contributed by atoms with Gasteiger partial charge in [-0.1, -0.05) is 15.9 Å². The summed E-state index contributed by atoms with van der Waals surface area (Å²) >= 11 is 3.36. The first-order valence-electron chi connectivity index (χ1n) is 4.88. The molecule has 0 aliphatic carbocycles. The summed E-state index contributed by atoms with van der Waals surface area (Å²) in [6, 6.07) is 4.56. The first-order chi connectivity index (χ1) is 7.16. The summed E-state index contributed by atoms with van der Waals surface area (Å²) < 4.78 is 13.9. The highest BCUT2D eigenvalue weighted by atomic mass is 79.9. The first kappa shape index (κ1) is 10.6. The second kappa shape index (κ2) is 4.31. The van der Waals surface area contributed by atoms with E-state index in [0.29, 0.717) is 6.42 Å². The number of benzene rings is 1.